The van der Waals surface area contributed by atoms with E-state index in [1.165, 1.54) is 0 Å². The number of rotatable bonds is 1. The van der Waals surface area contributed by atoms with Crippen molar-refractivity contribution in [1.82, 2.24) is 0 Å². The zero-order chi connectivity index (χ0) is 11.5. The predicted molar refractivity (Wildman–Crippen MR) is 45.9 cm³/mol. The molecule has 0 N–H and O–H groups in total. The second-order valence-electron chi connectivity index (χ2n) is 2.56. The van der Waals surface area contributed by atoms with E-state index in [0.29, 0.717) is 0 Å². The number of hydrogen-bond donors (Lipinski definition) is 0. The maximum atomic E-state index is 12.1. The molecule has 2 nitrogen and oxygen atoms in total. The third-order valence-corrected chi connectivity index (χ3v) is 1.51. The average Bonchev–Trinajstić information content (AvgIpc) is 2.17. The van der Waals surface area contributed by atoms with Crippen LogP contribution in [0.25, 0.3) is 0 Å². The smallest absolute Gasteiger partial charge is 0.416 e. The molecule has 1 aromatic rings. The van der Waals surface area contributed by atoms with Crippen molar-refractivity contribution in [2.45, 2.75) is 6.18 Å². The zero-order valence-electron chi connectivity index (χ0n) is 7.34. The highest BCUT2D eigenvalue weighted by Gasteiger charge is 2.30. The third kappa shape index (κ3) is 3.02. The molecule has 0 unspecified atom stereocenters. The number of hydrogen-bond acceptors (Lipinski definition) is 2. The van der Waals surface area contributed by atoms with E-state index in [-0.39, 0.29) is 5.75 Å². The molecule has 78 valence electrons. The number of benzene rings is 1. The van der Waals surface area contributed by atoms with Gasteiger partial charge in [-0.15, -0.1) is 6.42 Å². The Balaban J connectivity index is 2.83. The zero-order valence-corrected chi connectivity index (χ0v) is 7.34. The Kier molecular flexibility index (Phi) is 3.00. The van der Waals surface area contributed by atoms with Crippen molar-refractivity contribution >= 4 is 5.97 Å². The van der Waals surface area contributed by atoms with Gasteiger partial charge in [-0.25, -0.2) is 4.79 Å². The lowest BCUT2D eigenvalue weighted by Crippen LogP contribution is -2.06. The van der Waals surface area contributed by atoms with E-state index in [1.807, 2.05) is 0 Å². The van der Waals surface area contributed by atoms with Gasteiger partial charge in [-0.2, -0.15) is 13.2 Å². The highest BCUT2D eigenvalue weighted by molar-refractivity contribution is 5.89. The summed E-state index contributed by atoms with van der Waals surface area (Å²) in [7, 11) is 0. The normalized spacial score (nSPS) is 10.5. The highest BCUT2D eigenvalue weighted by atomic mass is 19.4. The Morgan fingerprint density at radius 2 is 1.80 bits per heavy atom. The van der Waals surface area contributed by atoms with Gasteiger partial charge in [0.05, 0.1) is 5.56 Å². The monoisotopic (exact) mass is 214 g/mol. The molecule has 0 radical (unpaired) electrons. The van der Waals surface area contributed by atoms with Crippen LogP contribution in [-0.4, -0.2) is 5.97 Å². The van der Waals surface area contributed by atoms with E-state index in [9.17, 15) is 18.0 Å². The fourth-order valence-corrected chi connectivity index (χ4v) is 0.848. The summed E-state index contributed by atoms with van der Waals surface area (Å²) in [4.78, 5) is 10.6. The van der Waals surface area contributed by atoms with Gasteiger partial charge in [-0.1, -0.05) is 0 Å². The van der Waals surface area contributed by atoms with E-state index < -0.39 is 17.7 Å². The molecule has 0 saturated heterocycles. The molecule has 0 heterocycles. The van der Waals surface area contributed by atoms with Crippen LogP contribution in [0.1, 0.15) is 5.56 Å². The van der Waals surface area contributed by atoms with Crippen LogP contribution in [0.15, 0.2) is 24.3 Å². The van der Waals surface area contributed by atoms with Crippen LogP contribution in [-0.2, 0) is 11.0 Å². The molecule has 1 rings (SSSR count). The molecule has 0 aliphatic rings. The first-order valence-corrected chi connectivity index (χ1v) is 3.79. The van der Waals surface area contributed by atoms with Crippen LogP contribution in [0.5, 0.6) is 5.75 Å². The van der Waals surface area contributed by atoms with Crippen molar-refractivity contribution in [3.05, 3.63) is 29.8 Å². The van der Waals surface area contributed by atoms with Gasteiger partial charge in [0.25, 0.3) is 0 Å². The molecule has 15 heavy (non-hydrogen) atoms. The van der Waals surface area contributed by atoms with Gasteiger partial charge in [0.1, 0.15) is 5.75 Å². The average molecular weight is 214 g/mol. The van der Waals surface area contributed by atoms with Crippen LogP contribution in [0.3, 0.4) is 0 Å². The quantitative estimate of drug-likeness (QED) is 0.310. The SMILES string of the molecule is C#CC(=O)Oc1ccc(C(F)(F)F)cc1. The minimum Gasteiger partial charge on any atom is -0.417 e. The summed E-state index contributed by atoms with van der Waals surface area (Å²) in [6.07, 6.45) is 0.306. The number of halogens is 3. The second-order valence-corrected chi connectivity index (χ2v) is 2.56. The summed E-state index contributed by atoms with van der Waals surface area (Å²) in [6.45, 7) is 0. The van der Waals surface area contributed by atoms with E-state index in [4.69, 9.17) is 6.42 Å². The Morgan fingerprint density at radius 1 is 1.27 bits per heavy atom. The third-order valence-electron chi connectivity index (χ3n) is 1.51. The highest BCUT2D eigenvalue weighted by Crippen LogP contribution is 2.30. The van der Waals surface area contributed by atoms with Crippen molar-refractivity contribution in [2.24, 2.45) is 0 Å². The Hall–Kier alpha value is -1.96. The molecule has 0 atom stereocenters. The lowest BCUT2D eigenvalue weighted by molar-refractivity contribution is -0.137. The molecule has 0 bridgehead atoms. The Morgan fingerprint density at radius 3 is 2.20 bits per heavy atom. The summed E-state index contributed by atoms with van der Waals surface area (Å²) < 4.78 is 40.8. The van der Waals surface area contributed by atoms with Gasteiger partial charge in [-0.05, 0) is 24.3 Å². The molecule has 0 aromatic heterocycles. The number of esters is 1. The van der Waals surface area contributed by atoms with Gasteiger partial charge >= 0.3 is 12.1 Å². The van der Waals surface area contributed by atoms with Gasteiger partial charge in [0.2, 0.25) is 0 Å². The molecular formula is C10H5F3O2. The molecule has 0 saturated carbocycles. The Labute approximate surface area is 83.7 Å². The minimum absolute atomic E-state index is 0.0223. The van der Waals surface area contributed by atoms with Crippen molar-refractivity contribution in [2.75, 3.05) is 0 Å². The van der Waals surface area contributed by atoms with Crippen LogP contribution in [0, 0.1) is 12.3 Å². The molecule has 1 aromatic carbocycles. The fourth-order valence-electron chi connectivity index (χ4n) is 0.848. The molecular weight excluding hydrogens is 209 g/mol. The van der Waals surface area contributed by atoms with Gasteiger partial charge in [0.15, 0.2) is 0 Å². The number of alkyl halides is 3. The van der Waals surface area contributed by atoms with Crippen molar-refractivity contribution in [1.29, 1.82) is 0 Å². The summed E-state index contributed by atoms with van der Waals surface area (Å²) in [5.41, 5.74) is -0.817. The number of carbonyl (C=O) groups excluding carboxylic acids is 1. The molecule has 0 spiro atoms. The first-order valence-electron chi connectivity index (χ1n) is 3.79. The molecule has 0 aliphatic heterocycles. The first kappa shape index (κ1) is 11.1. The molecule has 0 aliphatic carbocycles. The summed E-state index contributed by atoms with van der Waals surface area (Å²) in [6, 6.07) is 3.66. The van der Waals surface area contributed by atoms with E-state index in [2.05, 4.69) is 4.74 Å². The maximum absolute atomic E-state index is 12.1. The topological polar surface area (TPSA) is 26.3 Å². The minimum atomic E-state index is -4.41. The second kappa shape index (κ2) is 4.05. The lowest BCUT2D eigenvalue weighted by atomic mass is 10.2. The number of carbonyl (C=O) groups is 1. The van der Waals surface area contributed by atoms with E-state index in [0.717, 1.165) is 24.3 Å². The summed E-state index contributed by atoms with van der Waals surface area (Å²) >= 11 is 0. The fraction of sp³-hybridized carbons (Fsp3) is 0.100. The van der Waals surface area contributed by atoms with Gasteiger partial charge in [0, 0.05) is 5.92 Å². The van der Waals surface area contributed by atoms with Crippen molar-refractivity contribution < 1.29 is 22.7 Å². The number of ether oxygens (including phenoxy) is 1. The lowest BCUT2D eigenvalue weighted by Gasteiger charge is -2.06. The van der Waals surface area contributed by atoms with Gasteiger partial charge in [-0.3, -0.25) is 0 Å². The number of terminal acetylenes is 1. The summed E-state index contributed by atoms with van der Waals surface area (Å²) in [5, 5.41) is 0. The van der Waals surface area contributed by atoms with E-state index in [1.54, 1.807) is 5.92 Å². The van der Waals surface area contributed by atoms with Crippen LogP contribution >= 0.6 is 0 Å². The molecule has 0 fully saturated rings. The largest absolute Gasteiger partial charge is 0.417 e. The molecule has 5 heteroatoms. The maximum Gasteiger partial charge on any atom is 0.416 e. The summed E-state index contributed by atoms with van der Waals surface area (Å²) in [5.74, 6) is 0.703. The van der Waals surface area contributed by atoms with Gasteiger partial charge < -0.3 is 4.74 Å². The molecule has 0 amide bonds. The Bertz CT molecular complexity index is 398. The van der Waals surface area contributed by atoms with Crippen LogP contribution in [0.2, 0.25) is 0 Å². The standard InChI is InChI=1S/C10H5F3O2/c1-2-9(14)15-8-5-3-7(4-6-8)10(11,12)13/h1,3-6H. The first-order chi connectivity index (χ1) is 6.93. The van der Waals surface area contributed by atoms with Crippen molar-refractivity contribution in [3.63, 3.8) is 0 Å². The van der Waals surface area contributed by atoms with E-state index >= 15 is 0 Å². The predicted octanol–water partition coefficient (Wildman–Crippen LogP) is 2.24. The van der Waals surface area contributed by atoms with Crippen LogP contribution in [0.4, 0.5) is 13.2 Å². The van der Waals surface area contributed by atoms with Crippen molar-refractivity contribution in [3.8, 4) is 18.1 Å². The van der Waals surface area contributed by atoms with Crippen LogP contribution < -0.4 is 4.74 Å².